The highest BCUT2D eigenvalue weighted by Gasteiger charge is 2.25. The maximum absolute atomic E-state index is 7.08. The van der Waals surface area contributed by atoms with E-state index in [0.717, 1.165) is 71.7 Å². The predicted octanol–water partition coefficient (Wildman–Crippen LogP) is 14.5. The van der Waals surface area contributed by atoms with Gasteiger partial charge in [-0.05, 0) is 79.0 Å². The quantitative estimate of drug-likeness (QED) is 0.175. The molecule has 242 valence electrons. The third-order valence-electron chi connectivity index (χ3n) is 10.6. The number of hydrogen-bond acceptors (Lipinski definition) is 2. The molecule has 0 atom stereocenters. The summed E-state index contributed by atoms with van der Waals surface area (Å²) in [5, 5.41) is 10.4. The lowest BCUT2D eigenvalue weighted by Crippen LogP contribution is -1.92. The highest BCUT2D eigenvalue weighted by atomic mass is 16.3. The summed E-state index contributed by atoms with van der Waals surface area (Å²) in [5.41, 5.74) is 10.5. The van der Waals surface area contributed by atoms with E-state index in [2.05, 4.69) is 176 Å². The van der Waals surface area contributed by atoms with E-state index in [1.54, 1.807) is 0 Å². The SMILES string of the molecule is c1ccc(-c2c3ccccc3c(-c3cc(-c4oc5c(ccc6ccccc65)c4-c4ccccc4)cc4oc5ccccc5c34)c3ccccc23)cc1. The molecule has 0 radical (unpaired) electrons. The molecule has 0 aliphatic heterocycles. The second kappa shape index (κ2) is 11.3. The Morgan fingerprint density at radius 3 is 1.52 bits per heavy atom. The van der Waals surface area contributed by atoms with Gasteiger partial charge in [0.2, 0.25) is 0 Å². The molecule has 2 nitrogen and oxygen atoms in total. The van der Waals surface area contributed by atoms with Crippen molar-refractivity contribution in [1.82, 2.24) is 0 Å². The Bertz CT molecular complexity index is 3110. The fourth-order valence-electron chi connectivity index (χ4n) is 8.44. The largest absolute Gasteiger partial charge is 0.456 e. The first-order chi connectivity index (χ1) is 25.8. The molecule has 52 heavy (non-hydrogen) atoms. The topological polar surface area (TPSA) is 26.3 Å². The second-order valence-electron chi connectivity index (χ2n) is 13.5. The zero-order valence-corrected chi connectivity index (χ0v) is 28.1. The molecule has 11 rings (SSSR count). The Kier molecular flexibility index (Phi) is 6.28. The fourth-order valence-corrected chi connectivity index (χ4v) is 8.44. The van der Waals surface area contributed by atoms with Crippen LogP contribution in [0.2, 0.25) is 0 Å². The minimum absolute atomic E-state index is 0.829. The van der Waals surface area contributed by atoms with Crippen LogP contribution in [0.25, 0.3) is 110 Å². The average molecular weight is 663 g/mol. The van der Waals surface area contributed by atoms with Crippen molar-refractivity contribution in [3.63, 3.8) is 0 Å². The molecule has 0 aliphatic rings. The third-order valence-corrected chi connectivity index (χ3v) is 10.6. The number of benzene rings is 9. The van der Waals surface area contributed by atoms with Gasteiger partial charge in [0.25, 0.3) is 0 Å². The van der Waals surface area contributed by atoms with Gasteiger partial charge in [0.1, 0.15) is 22.5 Å². The van der Waals surface area contributed by atoms with Crippen molar-refractivity contribution in [3.8, 4) is 44.7 Å². The summed E-state index contributed by atoms with van der Waals surface area (Å²) in [7, 11) is 0. The van der Waals surface area contributed by atoms with Crippen molar-refractivity contribution in [2.24, 2.45) is 0 Å². The molecule has 0 amide bonds. The second-order valence-corrected chi connectivity index (χ2v) is 13.5. The molecule has 11 aromatic rings. The molecule has 0 bridgehead atoms. The molecular weight excluding hydrogens is 633 g/mol. The van der Waals surface area contributed by atoms with Gasteiger partial charge < -0.3 is 8.83 Å². The van der Waals surface area contributed by atoms with Crippen LogP contribution in [0.5, 0.6) is 0 Å². The molecule has 2 heterocycles. The summed E-state index contributed by atoms with van der Waals surface area (Å²) in [5.74, 6) is 0.829. The van der Waals surface area contributed by atoms with E-state index in [-0.39, 0.29) is 0 Å². The van der Waals surface area contributed by atoms with Crippen LogP contribution in [-0.4, -0.2) is 0 Å². The minimum atomic E-state index is 0.829. The smallest absolute Gasteiger partial charge is 0.143 e. The first-order valence-corrected chi connectivity index (χ1v) is 17.8. The van der Waals surface area contributed by atoms with Gasteiger partial charge in [-0.15, -0.1) is 0 Å². The molecule has 9 aromatic carbocycles. The Balaban J connectivity index is 1.31. The highest BCUT2D eigenvalue weighted by molar-refractivity contribution is 6.26. The number of furan rings is 2. The summed E-state index contributed by atoms with van der Waals surface area (Å²) in [6.45, 7) is 0. The Labute approximate surface area is 299 Å². The molecule has 0 fully saturated rings. The van der Waals surface area contributed by atoms with Gasteiger partial charge in [0, 0.05) is 32.7 Å². The molecule has 0 aliphatic carbocycles. The summed E-state index contributed by atoms with van der Waals surface area (Å²) in [4.78, 5) is 0. The zero-order chi connectivity index (χ0) is 34.2. The van der Waals surface area contributed by atoms with Gasteiger partial charge in [-0.2, -0.15) is 0 Å². The molecule has 2 aromatic heterocycles. The zero-order valence-electron chi connectivity index (χ0n) is 28.1. The van der Waals surface area contributed by atoms with Crippen molar-refractivity contribution < 1.29 is 8.83 Å². The van der Waals surface area contributed by atoms with E-state index < -0.39 is 0 Å². The van der Waals surface area contributed by atoms with Crippen molar-refractivity contribution >= 4 is 65.2 Å². The normalized spacial score (nSPS) is 11.8. The summed E-state index contributed by atoms with van der Waals surface area (Å²) >= 11 is 0. The van der Waals surface area contributed by atoms with Gasteiger partial charge in [-0.1, -0.05) is 158 Å². The van der Waals surface area contributed by atoms with E-state index in [0.29, 0.717) is 0 Å². The molecule has 0 N–H and O–H groups in total. The molecule has 0 saturated heterocycles. The summed E-state index contributed by atoms with van der Waals surface area (Å²) in [6, 6.07) is 64.8. The predicted molar refractivity (Wildman–Crippen MR) is 218 cm³/mol. The molecule has 0 unspecified atom stereocenters. The Hall–Kier alpha value is -6.90. The lowest BCUT2D eigenvalue weighted by molar-refractivity contribution is 0.635. The third kappa shape index (κ3) is 4.25. The maximum Gasteiger partial charge on any atom is 0.143 e. The van der Waals surface area contributed by atoms with Gasteiger partial charge in [0.15, 0.2) is 0 Å². The van der Waals surface area contributed by atoms with E-state index in [1.807, 2.05) is 6.07 Å². The van der Waals surface area contributed by atoms with E-state index in [1.165, 1.54) is 38.2 Å². The first kappa shape index (κ1) is 28.9. The van der Waals surface area contributed by atoms with Crippen molar-refractivity contribution in [2.75, 3.05) is 0 Å². The van der Waals surface area contributed by atoms with Crippen molar-refractivity contribution in [3.05, 3.63) is 182 Å². The fraction of sp³-hybridized carbons (Fsp3) is 0. The number of fused-ring (bicyclic) bond motifs is 8. The van der Waals surface area contributed by atoms with E-state index in [9.17, 15) is 0 Å². The Morgan fingerprint density at radius 1 is 0.308 bits per heavy atom. The van der Waals surface area contributed by atoms with Crippen molar-refractivity contribution in [2.45, 2.75) is 0 Å². The average Bonchev–Trinajstić information content (AvgIpc) is 3.80. The summed E-state index contributed by atoms with van der Waals surface area (Å²) < 4.78 is 13.8. The van der Waals surface area contributed by atoms with E-state index in [4.69, 9.17) is 8.83 Å². The number of para-hydroxylation sites is 1. The Morgan fingerprint density at radius 2 is 0.846 bits per heavy atom. The molecular formula is C50H30O2. The molecule has 0 spiro atoms. The van der Waals surface area contributed by atoms with Crippen molar-refractivity contribution in [1.29, 1.82) is 0 Å². The summed E-state index contributed by atoms with van der Waals surface area (Å²) in [6.07, 6.45) is 0. The van der Waals surface area contributed by atoms with Crippen LogP contribution >= 0.6 is 0 Å². The molecule has 0 saturated carbocycles. The van der Waals surface area contributed by atoms with Crippen LogP contribution in [0.1, 0.15) is 0 Å². The van der Waals surface area contributed by atoms with Gasteiger partial charge in [0.05, 0.1) is 0 Å². The minimum Gasteiger partial charge on any atom is -0.456 e. The van der Waals surface area contributed by atoms with E-state index >= 15 is 0 Å². The van der Waals surface area contributed by atoms with Gasteiger partial charge >= 0.3 is 0 Å². The highest BCUT2D eigenvalue weighted by Crippen LogP contribution is 2.50. The number of hydrogen-bond donors (Lipinski definition) is 0. The van der Waals surface area contributed by atoms with Crippen LogP contribution in [0.4, 0.5) is 0 Å². The van der Waals surface area contributed by atoms with Crippen LogP contribution in [0.3, 0.4) is 0 Å². The molecule has 2 heteroatoms. The van der Waals surface area contributed by atoms with Crippen LogP contribution in [0.15, 0.2) is 191 Å². The van der Waals surface area contributed by atoms with Gasteiger partial charge in [-0.25, -0.2) is 0 Å². The maximum atomic E-state index is 7.08. The number of rotatable bonds is 4. The lowest BCUT2D eigenvalue weighted by atomic mass is 9.84. The monoisotopic (exact) mass is 662 g/mol. The first-order valence-electron chi connectivity index (χ1n) is 17.8. The lowest BCUT2D eigenvalue weighted by Gasteiger charge is -2.19. The van der Waals surface area contributed by atoms with Crippen LogP contribution in [0, 0.1) is 0 Å². The van der Waals surface area contributed by atoms with Gasteiger partial charge in [-0.3, -0.25) is 0 Å². The van der Waals surface area contributed by atoms with Crippen LogP contribution in [-0.2, 0) is 0 Å². The van der Waals surface area contributed by atoms with Crippen LogP contribution < -0.4 is 0 Å². The standard InChI is InChI=1S/C50H30O2/c1-3-16-32(17-4-1)45-36-21-9-11-23-38(36)47(39-24-12-10-22-37(39)45)42-29-34(30-44-48(42)40-25-13-14-26-43(40)51-44)49-46(33-18-5-2-6-19-33)41-28-27-31-15-7-8-20-35(31)50(41)52-49/h1-30H.